The van der Waals surface area contributed by atoms with Crippen LogP contribution in [-0.2, 0) is 0 Å². The Morgan fingerprint density at radius 2 is 2.13 bits per heavy atom. The van der Waals surface area contributed by atoms with E-state index in [1.54, 1.807) is 23.5 Å². The van der Waals surface area contributed by atoms with Crippen molar-refractivity contribution in [2.45, 2.75) is 13.0 Å². The van der Waals surface area contributed by atoms with Crippen molar-refractivity contribution >= 4 is 11.3 Å². The van der Waals surface area contributed by atoms with Crippen LogP contribution >= 0.6 is 11.3 Å². The lowest BCUT2D eigenvalue weighted by Crippen LogP contribution is -2.06. The van der Waals surface area contributed by atoms with Crippen LogP contribution in [0.1, 0.15) is 18.5 Å². The van der Waals surface area contributed by atoms with E-state index in [0.717, 1.165) is 16.0 Å². The zero-order valence-electron chi connectivity index (χ0n) is 8.41. The van der Waals surface area contributed by atoms with E-state index in [1.165, 1.54) is 6.07 Å². The molecule has 2 N–H and O–H groups in total. The van der Waals surface area contributed by atoms with E-state index >= 15 is 0 Å². The maximum atomic E-state index is 13.2. The fraction of sp³-hybridized carbons (Fsp3) is 0.167. The molecule has 2 aromatic rings. The number of nitrogens with two attached hydrogens (primary N) is 1. The van der Waals surface area contributed by atoms with Crippen molar-refractivity contribution in [3.63, 3.8) is 0 Å². The van der Waals surface area contributed by atoms with Crippen LogP contribution in [0.15, 0.2) is 35.7 Å². The summed E-state index contributed by atoms with van der Waals surface area (Å²) >= 11 is 1.59. The molecule has 1 nitrogen and oxygen atoms in total. The molecule has 0 bridgehead atoms. The van der Waals surface area contributed by atoms with E-state index < -0.39 is 0 Å². The molecule has 2 rings (SSSR count). The molecule has 1 unspecified atom stereocenters. The quantitative estimate of drug-likeness (QED) is 0.824. The van der Waals surface area contributed by atoms with Crippen LogP contribution in [0, 0.1) is 5.82 Å². The van der Waals surface area contributed by atoms with Gasteiger partial charge in [-0.1, -0.05) is 12.1 Å². The van der Waals surface area contributed by atoms with Gasteiger partial charge in [-0.05, 0) is 41.6 Å². The first kappa shape index (κ1) is 10.3. The van der Waals surface area contributed by atoms with Crippen LogP contribution in [0.2, 0.25) is 0 Å². The number of benzene rings is 1. The standard InChI is InChI=1S/C12H12FNS/c1-8(14)10-5-4-9(13)7-11(10)12-3-2-6-15-12/h2-8H,14H2,1H3. The van der Waals surface area contributed by atoms with Crippen molar-refractivity contribution in [2.75, 3.05) is 0 Å². The highest BCUT2D eigenvalue weighted by Crippen LogP contribution is 2.31. The van der Waals surface area contributed by atoms with Crippen molar-refractivity contribution in [1.82, 2.24) is 0 Å². The molecule has 0 fully saturated rings. The van der Waals surface area contributed by atoms with Gasteiger partial charge in [-0.2, -0.15) is 0 Å². The van der Waals surface area contributed by atoms with Gasteiger partial charge in [-0.3, -0.25) is 0 Å². The van der Waals surface area contributed by atoms with Crippen LogP contribution in [0.3, 0.4) is 0 Å². The average molecular weight is 221 g/mol. The Morgan fingerprint density at radius 3 is 2.73 bits per heavy atom. The van der Waals surface area contributed by atoms with Crippen molar-refractivity contribution < 1.29 is 4.39 Å². The third-order valence-electron chi connectivity index (χ3n) is 2.29. The number of hydrogen-bond donors (Lipinski definition) is 1. The number of halogens is 1. The third kappa shape index (κ3) is 2.08. The van der Waals surface area contributed by atoms with Gasteiger partial charge < -0.3 is 5.73 Å². The Morgan fingerprint density at radius 1 is 1.33 bits per heavy atom. The van der Waals surface area contributed by atoms with Gasteiger partial charge in [-0.15, -0.1) is 11.3 Å². The van der Waals surface area contributed by atoms with E-state index in [9.17, 15) is 4.39 Å². The average Bonchev–Trinajstić information content (AvgIpc) is 2.69. The molecule has 0 saturated carbocycles. The summed E-state index contributed by atoms with van der Waals surface area (Å²) in [5, 5.41) is 1.98. The SMILES string of the molecule is CC(N)c1ccc(F)cc1-c1cccs1. The molecule has 0 aliphatic carbocycles. The van der Waals surface area contributed by atoms with Crippen LogP contribution in [0.4, 0.5) is 4.39 Å². The Labute approximate surface area is 92.4 Å². The predicted octanol–water partition coefficient (Wildman–Crippen LogP) is 3.57. The molecule has 1 aromatic heterocycles. The highest BCUT2D eigenvalue weighted by molar-refractivity contribution is 7.13. The topological polar surface area (TPSA) is 26.0 Å². The second kappa shape index (κ2) is 4.13. The molecule has 78 valence electrons. The van der Waals surface area contributed by atoms with Gasteiger partial charge in [0.05, 0.1) is 0 Å². The molecule has 0 radical (unpaired) electrons. The second-order valence-corrected chi connectivity index (χ2v) is 4.45. The maximum absolute atomic E-state index is 13.2. The van der Waals surface area contributed by atoms with Gasteiger partial charge in [0.2, 0.25) is 0 Å². The molecule has 1 atom stereocenters. The lowest BCUT2D eigenvalue weighted by molar-refractivity contribution is 0.626. The summed E-state index contributed by atoms with van der Waals surface area (Å²) in [6.07, 6.45) is 0. The molecule has 0 spiro atoms. The van der Waals surface area contributed by atoms with Crippen molar-refractivity contribution in [3.05, 3.63) is 47.1 Å². The van der Waals surface area contributed by atoms with Crippen molar-refractivity contribution in [3.8, 4) is 10.4 Å². The minimum atomic E-state index is -0.220. The fourth-order valence-corrected chi connectivity index (χ4v) is 2.34. The van der Waals surface area contributed by atoms with Gasteiger partial charge in [-0.25, -0.2) is 4.39 Å². The van der Waals surface area contributed by atoms with Crippen LogP contribution in [-0.4, -0.2) is 0 Å². The van der Waals surface area contributed by atoms with Crippen molar-refractivity contribution in [1.29, 1.82) is 0 Å². The molecule has 15 heavy (non-hydrogen) atoms. The van der Waals surface area contributed by atoms with Crippen molar-refractivity contribution in [2.24, 2.45) is 5.73 Å². The fourth-order valence-electron chi connectivity index (χ4n) is 1.57. The lowest BCUT2D eigenvalue weighted by atomic mass is 10.0. The predicted molar refractivity (Wildman–Crippen MR) is 62.3 cm³/mol. The first-order valence-corrected chi connectivity index (χ1v) is 5.65. The van der Waals surface area contributed by atoms with E-state index in [2.05, 4.69) is 0 Å². The normalized spacial score (nSPS) is 12.7. The highest BCUT2D eigenvalue weighted by atomic mass is 32.1. The number of rotatable bonds is 2. The smallest absolute Gasteiger partial charge is 0.123 e. The minimum Gasteiger partial charge on any atom is -0.324 e. The van der Waals surface area contributed by atoms with Gasteiger partial charge in [0.15, 0.2) is 0 Å². The summed E-state index contributed by atoms with van der Waals surface area (Å²) < 4.78 is 13.2. The summed E-state index contributed by atoms with van der Waals surface area (Å²) in [6, 6.07) is 8.61. The molecule has 0 aliphatic rings. The Kier molecular flexibility index (Phi) is 2.84. The van der Waals surface area contributed by atoms with Gasteiger partial charge in [0.1, 0.15) is 5.82 Å². The summed E-state index contributed by atoms with van der Waals surface area (Å²) in [5.41, 5.74) is 7.74. The zero-order chi connectivity index (χ0) is 10.8. The van der Waals surface area contributed by atoms with E-state index in [0.29, 0.717) is 0 Å². The first-order valence-electron chi connectivity index (χ1n) is 4.77. The summed E-state index contributed by atoms with van der Waals surface area (Å²) in [7, 11) is 0. The molecule has 1 heterocycles. The van der Waals surface area contributed by atoms with Crippen LogP contribution in [0.5, 0.6) is 0 Å². The first-order chi connectivity index (χ1) is 7.18. The molecule has 1 aromatic carbocycles. The second-order valence-electron chi connectivity index (χ2n) is 3.50. The molecular formula is C12H12FNS. The van der Waals surface area contributed by atoms with Crippen LogP contribution < -0.4 is 5.73 Å². The van der Waals surface area contributed by atoms with E-state index in [1.807, 2.05) is 24.4 Å². The number of thiophene rings is 1. The van der Waals surface area contributed by atoms with Crippen LogP contribution in [0.25, 0.3) is 10.4 Å². The summed E-state index contributed by atoms with van der Waals surface area (Å²) in [4.78, 5) is 1.06. The van der Waals surface area contributed by atoms with Gasteiger partial charge >= 0.3 is 0 Å². The van der Waals surface area contributed by atoms with E-state index in [4.69, 9.17) is 5.73 Å². The van der Waals surface area contributed by atoms with Gasteiger partial charge in [0, 0.05) is 10.9 Å². The maximum Gasteiger partial charge on any atom is 0.123 e. The minimum absolute atomic E-state index is 0.0808. The number of hydrogen-bond acceptors (Lipinski definition) is 2. The molecule has 0 amide bonds. The van der Waals surface area contributed by atoms with Gasteiger partial charge in [0.25, 0.3) is 0 Å². The lowest BCUT2D eigenvalue weighted by Gasteiger charge is -2.11. The molecule has 0 saturated heterocycles. The Hall–Kier alpha value is -1.19. The monoisotopic (exact) mass is 221 g/mol. The summed E-state index contributed by atoms with van der Waals surface area (Å²) in [6.45, 7) is 1.91. The molecule has 0 aliphatic heterocycles. The molecule has 3 heteroatoms. The summed E-state index contributed by atoms with van der Waals surface area (Å²) in [5.74, 6) is -0.220. The van der Waals surface area contributed by atoms with E-state index in [-0.39, 0.29) is 11.9 Å². The molecular weight excluding hydrogens is 209 g/mol. The highest BCUT2D eigenvalue weighted by Gasteiger charge is 2.10. The third-order valence-corrected chi connectivity index (χ3v) is 3.20. The Bertz CT molecular complexity index is 449. The Balaban J connectivity index is 2.58. The largest absolute Gasteiger partial charge is 0.324 e. The zero-order valence-corrected chi connectivity index (χ0v) is 9.22.